The quantitative estimate of drug-likeness (QED) is 0.404. The van der Waals surface area contributed by atoms with Gasteiger partial charge in [0.2, 0.25) is 10.0 Å². The Kier molecular flexibility index (Phi) is 8.03. The first-order valence-corrected chi connectivity index (χ1v) is 12.0. The van der Waals surface area contributed by atoms with Crippen LogP contribution in [-0.4, -0.2) is 20.9 Å². The lowest BCUT2D eigenvalue weighted by Gasteiger charge is -2.15. The SMILES string of the molecule is C[C@H](NS(=O)(=O)c1ccc(OCC(=O)Nc2c(Cl)cccc2Cl)c(Cl)c1)c1ccccc1. The number of rotatable bonds is 8. The number of nitrogens with one attached hydrogen (secondary N) is 2. The van der Waals surface area contributed by atoms with E-state index >= 15 is 0 Å². The second-order valence-electron chi connectivity index (χ2n) is 6.78. The van der Waals surface area contributed by atoms with Crippen molar-refractivity contribution in [3.05, 3.63) is 87.4 Å². The second-order valence-corrected chi connectivity index (χ2v) is 9.71. The summed E-state index contributed by atoms with van der Waals surface area (Å²) in [4.78, 5) is 12.2. The summed E-state index contributed by atoms with van der Waals surface area (Å²) in [6, 6.07) is 17.6. The predicted molar refractivity (Wildman–Crippen MR) is 127 cm³/mol. The molecule has 3 aromatic rings. The highest BCUT2D eigenvalue weighted by Gasteiger charge is 2.20. The number of benzene rings is 3. The Morgan fingerprint density at radius 2 is 1.59 bits per heavy atom. The molecule has 3 rings (SSSR count). The van der Waals surface area contributed by atoms with Gasteiger partial charge in [-0.05, 0) is 42.8 Å². The molecule has 0 radical (unpaired) electrons. The Morgan fingerprint density at radius 3 is 2.22 bits per heavy atom. The minimum atomic E-state index is -3.83. The van der Waals surface area contributed by atoms with Gasteiger partial charge in [-0.3, -0.25) is 4.79 Å². The molecule has 0 saturated heterocycles. The molecule has 0 aliphatic heterocycles. The molecule has 10 heteroatoms. The fourth-order valence-electron chi connectivity index (χ4n) is 2.81. The Labute approximate surface area is 201 Å². The van der Waals surface area contributed by atoms with Gasteiger partial charge in [0.05, 0.1) is 25.7 Å². The number of carbonyl (C=O) groups is 1. The van der Waals surface area contributed by atoms with Crippen LogP contribution in [0.3, 0.4) is 0 Å². The molecule has 6 nitrogen and oxygen atoms in total. The van der Waals surface area contributed by atoms with E-state index in [9.17, 15) is 13.2 Å². The van der Waals surface area contributed by atoms with Crippen LogP contribution in [0.25, 0.3) is 0 Å². The van der Waals surface area contributed by atoms with E-state index in [2.05, 4.69) is 10.0 Å². The maximum atomic E-state index is 12.7. The number of amides is 1. The van der Waals surface area contributed by atoms with E-state index in [1.165, 1.54) is 18.2 Å². The topological polar surface area (TPSA) is 84.5 Å². The molecule has 1 amide bonds. The number of para-hydroxylation sites is 1. The Hall–Kier alpha value is -2.29. The summed E-state index contributed by atoms with van der Waals surface area (Å²) in [6.07, 6.45) is 0. The summed E-state index contributed by atoms with van der Waals surface area (Å²) in [5.74, 6) is -0.353. The average molecular weight is 514 g/mol. The third kappa shape index (κ3) is 6.15. The van der Waals surface area contributed by atoms with E-state index in [0.717, 1.165) is 5.56 Å². The number of hydrogen-bond donors (Lipinski definition) is 2. The number of ether oxygens (including phenoxy) is 1. The molecule has 0 bridgehead atoms. The predicted octanol–water partition coefficient (Wildman–Crippen LogP) is 5.70. The van der Waals surface area contributed by atoms with Crippen LogP contribution in [0.1, 0.15) is 18.5 Å². The molecule has 0 aliphatic carbocycles. The molecule has 0 fully saturated rings. The van der Waals surface area contributed by atoms with Crippen LogP contribution in [0, 0.1) is 0 Å². The fourth-order valence-corrected chi connectivity index (χ4v) is 4.86. The third-order valence-corrected chi connectivity index (χ3v) is 6.89. The summed E-state index contributed by atoms with van der Waals surface area (Å²) >= 11 is 18.2. The average Bonchev–Trinajstić information content (AvgIpc) is 2.76. The van der Waals surface area contributed by atoms with Crippen LogP contribution in [0.2, 0.25) is 15.1 Å². The van der Waals surface area contributed by atoms with Crippen LogP contribution >= 0.6 is 34.8 Å². The van der Waals surface area contributed by atoms with E-state index in [0.29, 0.717) is 0 Å². The number of halogens is 3. The van der Waals surface area contributed by atoms with Gasteiger partial charge < -0.3 is 10.1 Å². The zero-order valence-electron chi connectivity index (χ0n) is 16.8. The zero-order valence-corrected chi connectivity index (χ0v) is 19.9. The van der Waals surface area contributed by atoms with Gasteiger partial charge in [0.1, 0.15) is 5.75 Å². The van der Waals surface area contributed by atoms with Gasteiger partial charge in [0.25, 0.3) is 5.91 Å². The monoisotopic (exact) mass is 512 g/mol. The largest absolute Gasteiger partial charge is 0.482 e. The van der Waals surface area contributed by atoms with Gasteiger partial charge >= 0.3 is 0 Å². The maximum Gasteiger partial charge on any atom is 0.262 e. The zero-order chi connectivity index (χ0) is 23.3. The molecule has 1 atom stereocenters. The van der Waals surface area contributed by atoms with E-state index in [-0.39, 0.29) is 38.0 Å². The van der Waals surface area contributed by atoms with Crippen LogP contribution in [0.4, 0.5) is 5.69 Å². The molecule has 2 N–H and O–H groups in total. The molecule has 0 unspecified atom stereocenters. The third-order valence-electron chi connectivity index (χ3n) is 4.43. The molecular formula is C22H19Cl3N2O4S. The fraction of sp³-hybridized carbons (Fsp3) is 0.136. The lowest BCUT2D eigenvalue weighted by Crippen LogP contribution is -2.27. The van der Waals surface area contributed by atoms with Crippen molar-refractivity contribution in [1.29, 1.82) is 0 Å². The van der Waals surface area contributed by atoms with Gasteiger partial charge in [0, 0.05) is 6.04 Å². The molecule has 0 saturated carbocycles. The van der Waals surface area contributed by atoms with E-state index in [4.69, 9.17) is 39.5 Å². The van der Waals surface area contributed by atoms with Gasteiger partial charge in [-0.1, -0.05) is 71.2 Å². The van der Waals surface area contributed by atoms with Crippen molar-refractivity contribution < 1.29 is 17.9 Å². The minimum Gasteiger partial charge on any atom is -0.482 e. The molecule has 32 heavy (non-hydrogen) atoms. The first kappa shape index (κ1) is 24.4. The smallest absolute Gasteiger partial charge is 0.262 e. The van der Waals surface area contributed by atoms with Crippen molar-refractivity contribution in [2.24, 2.45) is 0 Å². The van der Waals surface area contributed by atoms with Crippen molar-refractivity contribution >= 4 is 56.4 Å². The first-order valence-electron chi connectivity index (χ1n) is 9.41. The molecule has 3 aromatic carbocycles. The molecule has 0 heterocycles. The van der Waals surface area contributed by atoms with Gasteiger partial charge in [-0.25, -0.2) is 13.1 Å². The number of sulfonamides is 1. The Balaban J connectivity index is 1.65. The van der Waals surface area contributed by atoms with Gasteiger partial charge in [-0.2, -0.15) is 0 Å². The summed E-state index contributed by atoms with van der Waals surface area (Å²) in [5.41, 5.74) is 1.10. The number of carbonyl (C=O) groups excluding carboxylic acids is 1. The Morgan fingerprint density at radius 1 is 0.938 bits per heavy atom. The summed E-state index contributed by atoms with van der Waals surface area (Å²) < 4.78 is 33.5. The lowest BCUT2D eigenvalue weighted by molar-refractivity contribution is -0.118. The van der Waals surface area contributed by atoms with Crippen molar-refractivity contribution in [2.45, 2.75) is 17.9 Å². The van der Waals surface area contributed by atoms with Gasteiger partial charge in [-0.15, -0.1) is 0 Å². The van der Waals surface area contributed by atoms with E-state index in [1.807, 2.05) is 30.3 Å². The highest BCUT2D eigenvalue weighted by atomic mass is 35.5. The summed E-state index contributed by atoms with van der Waals surface area (Å²) in [6.45, 7) is 1.37. The second kappa shape index (κ2) is 10.6. The maximum absolute atomic E-state index is 12.7. The molecule has 168 valence electrons. The molecule has 0 spiro atoms. The minimum absolute atomic E-state index is 0.0232. The standard InChI is InChI=1S/C22H19Cl3N2O4S/c1-14(15-6-3-2-4-7-15)27-32(29,30)16-10-11-20(19(25)12-16)31-13-21(28)26-22-17(23)8-5-9-18(22)24/h2-12,14,27H,13H2,1H3,(H,26,28)/t14-/m0/s1. The van der Waals surface area contributed by atoms with Crippen molar-refractivity contribution in [2.75, 3.05) is 11.9 Å². The summed E-state index contributed by atoms with van der Waals surface area (Å²) in [7, 11) is -3.83. The highest BCUT2D eigenvalue weighted by molar-refractivity contribution is 7.89. The van der Waals surface area contributed by atoms with Gasteiger partial charge in [0.15, 0.2) is 6.61 Å². The van der Waals surface area contributed by atoms with Crippen LogP contribution in [-0.2, 0) is 14.8 Å². The van der Waals surface area contributed by atoms with Crippen LogP contribution in [0.5, 0.6) is 5.75 Å². The van der Waals surface area contributed by atoms with Crippen molar-refractivity contribution in [3.63, 3.8) is 0 Å². The highest BCUT2D eigenvalue weighted by Crippen LogP contribution is 2.30. The molecular weight excluding hydrogens is 495 g/mol. The summed E-state index contributed by atoms with van der Waals surface area (Å²) in [5, 5.41) is 3.18. The lowest BCUT2D eigenvalue weighted by atomic mass is 10.1. The van der Waals surface area contributed by atoms with Crippen molar-refractivity contribution in [1.82, 2.24) is 4.72 Å². The molecule has 0 aromatic heterocycles. The molecule has 0 aliphatic rings. The Bertz CT molecular complexity index is 1200. The van der Waals surface area contributed by atoms with Crippen LogP contribution < -0.4 is 14.8 Å². The first-order chi connectivity index (χ1) is 15.2. The van der Waals surface area contributed by atoms with Crippen molar-refractivity contribution in [3.8, 4) is 5.75 Å². The van der Waals surface area contributed by atoms with Crippen LogP contribution in [0.15, 0.2) is 71.6 Å². The normalized spacial score (nSPS) is 12.2. The van der Waals surface area contributed by atoms with E-state index in [1.54, 1.807) is 25.1 Å². The number of anilines is 1. The van der Waals surface area contributed by atoms with E-state index < -0.39 is 22.0 Å². The number of hydrogen-bond acceptors (Lipinski definition) is 4.